The maximum absolute atomic E-state index is 12.5. The minimum atomic E-state index is -2.93. The minimum Gasteiger partial charge on any atom is -0.493 e. The third-order valence-corrected chi connectivity index (χ3v) is 4.00. The van der Waals surface area contributed by atoms with Crippen LogP contribution in [0.25, 0.3) is 0 Å². The summed E-state index contributed by atoms with van der Waals surface area (Å²) < 4.78 is 40.7. The second kappa shape index (κ2) is 9.38. The van der Waals surface area contributed by atoms with Crippen LogP contribution in [-0.4, -0.2) is 26.2 Å². The molecule has 26 heavy (non-hydrogen) atoms. The molecule has 2 aromatic carbocycles. The predicted octanol–water partition coefficient (Wildman–Crippen LogP) is 4.39. The van der Waals surface area contributed by atoms with Crippen LogP contribution in [0.2, 0.25) is 0 Å². The number of methoxy groups -OCH3 is 1. The van der Waals surface area contributed by atoms with Gasteiger partial charge in [-0.3, -0.25) is 4.79 Å². The fourth-order valence-electron chi connectivity index (χ4n) is 2.27. The van der Waals surface area contributed by atoms with E-state index < -0.39 is 6.61 Å². The normalized spacial score (nSPS) is 10.5. The zero-order chi connectivity index (χ0) is 19.1. The first-order valence-electron chi connectivity index (χ1n) is 7.77. The summed E-state index contributed by atoms with van der Waals surface area (Å²) in [5.41, 5.74) is 0.780. The van der Waals surface area contributed by atoms with Crippen molar-refractivity contribution in [1.82, 2.24) is 5.32 Å². The topological polar surface area (TPSA) is 56.8 Å². The predicted molar refractivity (Wildman–Crippen MR) is 96.1 cm³/mol. The van der Waals surface area contributed by atoms with Gasteiger partial charge in [0, 0.05) is 17.7 Å². The summed E-state index contributed by atoms with van der Waals surface area (Å²) in [7, 11) is 1.48. The molecular formula is C18H18BrF2NO4. The molecule has 0 aliphatic heterocycles. The molecule has 0 aliphatic rings. The van der Waals surface area contributed by atoms with Crippen molar-refractivity contribution < 1.29 is 27.8 Å². The Bertz CT molecular complexity index is 771. The lowest BCUT2D eigenvalue weighted by Crippen LogP contribution is -2.23. The van der Waals surface area contributed by atoms with Crippen molar-refractivity contribution in [2.45, 2.75) is 20.1 Å². The van der Waals surface area contributed by atoms with Crippen LogP contribution >= 0.6 is 15.9 Å². The summed E-state index contributed by atoms with van der Waals surface area (Å²) in [6, 6.07) is 9.43. The van der Waals surface area contributed by atoms with Gasteiger partial charge in [-0.05, 0) is 41.1 Å². The van der Waals surface area contributed by atoms with Crippen LogP contribution in [0.1, 0.15) is 22.8 Å². The van der Waals surface area contributed by atoms with E-state index in [1.54, 1.807) is 30.3 Å². The van der Waals surface area contributed by atoms with E-state index in [2.05, 4.69) is 26.0 Å². The van der Waals surface area contributed by atoms with Gasteiger partial charge in [-0.15, -0.1) is 0 Å². The second-order valence-electron chi connectivity index (χ2n) is 5.09. The fraction of sp³-hybridized carbons (Fsp3) is 0.278. The van der Waals surface area contributed by atoms with Crippen molar-refractivity contribution in [1.29, 1.82) is 0 Å². The van der Waals surface area contributed by atoms with Crippen LogP contribution < -0.4 is 19.5 Å². The first-order chi connectivity index (χ1) is 12.5. The molecule has 1 amide bonds. The summed E-state index contributed by atoms with van der Waals surface area (Å²) >= 11 is 3.35. The van der Waals surface area contributed by atoms with E-state index in [0.29, 0.717) is 33.7 Å². The minimum absolute atomic E-state index is 0.0215. The third-order valence-electron chi connectivity index (χ3n) is 3.41. The SMILES string of the molecule is CCOc1c(Br)cc(C(=O)NCc2ccccc2OC(F)F)cc1OC. The zero-order valence-corrected chi connectivity index (χ0v) is 15.8. The maximum atomic E-state index is 12.5. The van der Waals surface area contributed by atoms with Crippen LogP contribution in [0.3, 0.4) is 0 Å². The Labute approximate surface area is 158 Å². The van der Waals surface area contributed by atoms with Crippen molar-refractivity contribution in [3.63, 3.8) is 0 Å². The molecule has 0 saturated carbocycles. The van der Waals surface area contributed by atoms with Crippen LogP contribution in [0.5, 0.6) is 17.2 Å². The van der Waals surface area contributed by atoms with Crippen LogP contribution in [0, 0.1) is 0 Å². The quantitative estimate of drug-likeness (QED) is 0.675. The number of hydrogen-bond acceptors (Lipinski definition) is 4. The van der Waals surface area contributed by atoms with Gasteiger partial charge in [0.15, 0.2) is 11.5 Å². The Morgan fingerprint density at radius 2 is 1.96 bits per heavy atom. The molecule has 2 aromatic rings. The molecule has 0 radical (unpaired) electrons. The number of rotatable bonds is 8. The average Bonchev–Trinajstić information content (AvgIpc) is 2.61. The Balaban J connectivity index is 2.15. The summed E-state index contributed by atoms with van der Waals surface area (Å²) in [6.45, 7) is -0.611. The van der Waals surface area contributed by atoms with E-state index in [1.807, 2.05) is 6.92 Å². The van der Waals surface area contributed by atoms with E-state index in [0.717, 1.165) is 0 Å². The Morgan fingerprint density at radius 1 is 1.23 bits per heavy atom. The first-order valence-corrected chi connectivity index (χ1v) is 8.56. The van der Waals surface area contributed by atoms with Crippen molar-refractivity contribution >= 4 is 21.8 Å². The molecule has 0 fully saturated rings. The highest BCUT2D eigenvalue weighted by atomic mass is 79.9. The number of ether oxygens (including phenoxy) is 3. The zero-order valence-electron chi connectivity index (χ0n) is 14.2. The number of alkyl halides is 2. The molecule has 0 aromatic heterocycles. The lowest BCUT2D eigenvalue weighted by molar-refractivity contribution is -0.0504. The van der Waals surface area contributed by atoms with Crippen molar-refractivity contribution in [2.75, 3.05) is 13.7 Å². The second-order valence-corrected chi connectivity index (χ2v) is 5.95. The molecule has 0 bridgehead atoms. The molecule has 0 atom stereocenters. The molecule has 140 valence electrons. The molecule has 0 aliphatic carbocycles. The number of halogens is 3. The van der Waals surface area contributed by atoms with E-state index in [1.165, 1.54) is 13.2 Å². The molecule has 0 saturated heterocycles. The average molecular weight is 430 g/mol. The third kappa shape index (κ3) is 5.08. The Hall–Kier alpha value is -2.35. The van der Waals surface area contributed by atoms with Gasteiger partial charge in [-0.2, -0.15) is 8.78 Å². The Morgan fingerprint density at radius 3 is 2.62 bits per heavy atom. The fourth-order valence-corrected chi connectivity index (χ4v) is 2.83. The highest BCUT2D eigenvalue weighted by molar-refractivity contribution is 9.10. The van der Waals surface area contributed by atoms with Crippen molar-refractivity contribution in [2.24, 2.45) is 0 Å². The van der Waals surface area contributed by atoms with Gasteiger partial charge in [0.2, 0.25) is 0 Å². The molecule has 0 heterocycles. The van der Waals surface area contributed by atoms with E-state index in [-0.39, 0.29) is 18.2 Å². The molecule has 5 nitrogen and oxygen atoms in total. The molecule has 1 N–H and O–H groups in total. The maximum Gasteiger partial charge on any atom is 0.387 e. The summed E-state index contributed by atoms with van der Waals surface area (Å²) in [4.78, 5) is 12.4. The molecule has 2 rings (SSSR count). The van der Waals surface area contributed by atoms with Crippen LogP contribution in [0.4, 0.5) is 8.78 Å². The number of nitrogens with one attached hydrogen (secondary N) is 1. The van der Waals surface area contributed by atoms with Crippen LogP contribution in [0.15, 0.2) is 40.9 Å². The highest BCUT2D eigenvalue weighted by Gasteiger charge is 2.16. The lowest BCUT2D eigenvalue weighted by atomic mass is 10.1. The largest absolute Gasteiger partial charge is 0.493 e. The standard InChI is InChI=1S/C18H18BrF2NO4/c1-3-25-16-13(19)8-12(9-15(16)24-2)17(23)22-10-11-6-4-5-7-14(11)26-18(20)21/h4-9,18H,3,10H2,1-2H3,(H,22,23). The molecule has 8 heteroatoms. The molecular weight excluding hydrogens is 412 g/mol. The number of carbonyl (C=O) groups excluding carboxylic acids is 1. The van der Waals surface area contributed by atoms with Crippen molar-refractivity contribution in [3.8, 4) is 17.2 Å². The van der Waals surface area contributed by atoms with E-state index in [9.17, 15) is 13.6 Å². The highest BCUT2D eigenvalue weighted by Crippen LogP contribution is 2.36. The summed E-state index contributed by atoms with van der Waals surface area (Å²) in [5.74, 6) is 0.544. The molecule has 0 spiro atoms. The summed E-state index contributed by atoms with van der Waals surface area (Å²) in [5, 5.41) is 2.68. The van der Waals surface area contributed by atoms with E-state index >= 15 is 0 Å². The number of hydrogen-bond donors (Lipinski definition) is 1. The van der Waals surface area contributed by atoms with Gasteiger partial charge in [0.25, 0.3) is 5.91 Å². The van der Waals surface area contributed by atoms with Gasteiger partial charge < -0.3 is 19.5 Å². The lowest BCUT2D eigenvalue weighted by Gasteiger charge is -2.14. The van der Waals surface area contributed by atoms with Crippen molar-refractivity contribution in [3.05, 3.63) is 52.0 Å². The summed E-state index contributed by atoms with van der Waals surface area (Å²) in [6.07, 6.45) is 0. The Kier molecular flexibility index (Phi) is 7.20. The number of carbonyl (C=O) groups is 1. The van der Waals surface area contributed by atoms with Gasteiger partial charge >= 0.3 is 6.61 Å². The van der Waals surface area contributed by atoms with Gasteiger partial charge in [-0.1, -0.05) is 18.2 Å². The van der Waals surface area contributed by atoms with Gasteiger partial charge in [0.1, 0.15) is 5.75 Å². The smallest absolute Gasteiger partial charge is 0.387 e. The monoisotopic (exact) mass is 429 g/mol. The number of benzene rings is 2. The van der Waals surface area contributed by atoms with Crippen LogP contribution in [-0.2, 0) is 6.54 Å². The number of amides is 1. The number of para-hydroxylation sites is 1. The van der Waals surface area contributed by atoms with Gasteiger partial charge in [-0.25, -0.2) is 0 Å². The van der Waals surface area contributed by atoms with Gasteiger partial charge in [0.05, 0.1) is 18.2 Å². The first kappa shape index (κ1) is 20.0. The van der Waals surface area contributed by atoms with E-state index in [4.69, 9.17) is 9.47 Å². The molecule has 0 unspecified atom stereocenters.